The Kier molecular flexibility index (Phi) is 5.97. The zero-order valence-corrected chi connectivity index (χ0v) is 15.5. The van der Waals surface area contributed by atoms with Crippen LogP contribution >= 0.6 is 0 Å². The molecule has 0 bridgehead atoms. The molecule has 0 saturated carbocycles. The monoisotopic (exact) mass is 345 g/mol. The second-order valence-electron chi connectivity index (χ2n) is 7.48. The molecule has 0 aromatic heterocycles. The molecule has 3 rings (SSSR count). The van der Waals surface area contributed by atoms with Crippen LogP contribution in [-0.2, 0) is 0 Å². The molecule has 1 N–H and O–H groups in total. The van der Waals surface area contributed by atoms with Crippen LogP contribution in [0.3, 0.4) is 0 Å². The molecule has 2 aliphatic rings. The van der Waals surface area contributed by atoms with Crippen molar-refractivity contribution in [2.24, 2.45) is 11.8 Å². The third-order valence-corrected chi connectivity index (χ3v) is 5.77. The molecule has 138 valence electrons. The highest BCUT2D eigenvalue weighted by atomic mass is 16.3. The van der Waals surface area contributed by atoms with Gasteiger partial charge >= 0.3 is 0 Å². The second-order valence-corrected chi connectivity index (χ2v) is 7.48. The quantitative estimate of drug-likeness (QED) is 0.856. The Balaban J connectivity index is 1.75. The highest BCUT2D eigenvalue weighted by molar-refractivity contribution is 6.00. The van der Waals surface area contributed by atoms with Gasteiger partial charge in [-0.2, -0.15) is 0 Å². The van der Waals surface area contributed by atoms with Crippen molar-refractivity contribution in [3.63, 3.8) is 0 Å². The van der Waals surface area contributed by atoms with E-state index in [1.165, 1.54) is 12.8 Å². The smallest absolute Gasteiger partial charge is 0.255 e. The van der Waals surface area contributed by atoms with Crippen LogP contribution in [0.2, 0.25) is 0 Å². The van der Waals surface area contributed by atoms with E-state index in [0.717, 1.165) is 44.0 Å². The summed E-state index contributed by atoms with van der Waals surface area (Å²) in [7, 11) is 2.10. The average Bonchev–Trinajstić information content (AvgIpc) is 3.30. The first-order valence-corrected chi connectivity index (χ1v) is 9.56. The number of nitrogens with zero attached hydrogens (tertiary/aromatic N) is 3. The molecule has 2 saturated heterocycles. The number of aliphatic hydroxyl groups excluding tert-OH is 1. The van der Waals surface area contributed by atoms with Gasteiger partial charge in [0.25, 0.3) is 5.91 Å². The van der Waals surface area contributed by atoms with Gasteiger partial charge in [-0.05, 0) is 44.5 Å². The summed E-state index contributed by atoms with van der Waals surface area (Å²) in [4.78, 5) is 19.7. The lowest BCUT2D eigenvalue weighted by molar-refractivity contribution is 0.0780. The van der Waals surface area contributed by atoms with E-state index in [0.29, 0.717) is 12.5 Å². The lowest BCUT2D eigenvalue weighted by Gasteiger charge is -2.24. The van der Waals surface area contributed by atoms with E-state index in [1.54, 1.807) is 0 Å². The molecule has 0 radical (unpaired) electrons. The van der Waals surface area contributed by atoms with Crippen molar-refractivity contribution in [2.75, 3.05) is 57.8 Å². The van der Waals surface area contributed by atoms with Crippen molar-refractivity contribution < 1.29 is 9.90 Å². The highest BCUT2D eigenvalue weighted by Gasteiger charge is 2.36. The third-order valence-electron chi connectivity index (χ3n) is 5.77. The summed E-state index contributed by atoms with van der Waals surface area (Å²) in [6.07, 6.45) is 2.40. The molecule has 5 heteroatoms. The molecule has 0 aliphatic carbocycles. The normalized spacial score (nSPS) is 23.7. The van der Waals surface area contributed by atoms with Gasteiger partial charge in [0.15, 0.2) is 0 Å². The zero-order valence-electron chi connectivity index (χ0n) is 15.5. The fourth-order valence-corrected chi connectivity index (χ4v) is 4.11. The lowest BCUT2D eigenvalue weighted by Crippen LogP contribution is -2.33. The Labute approximate surface area is 151 Å². The fourth-order valence-electron chi connectivity index (χ4n) is 4.11. The van der Waals surface area contributed by atoms with Gasteiger partial charge in [0.1, 0.15) is 0 Å². The largest absolute Gasteiger partial charge is 0.396 e. The van der Waals surface area contributed by atoms with Crippen LogP contribution in [0.1, 0.15) is 30.1 Å². The average molecular weight is 345 g/mol. The first kappa shape index (κ1) is 18.2. The van der Waals surface area contributed by atoms with Gasteiger partial charge in [0.05, 0.1) is 5.56 Å². The summed E-state index contributed by atoms with van der Waals surface area (Å²) in [5.74, 6) is 0.636. The molecule has 1 aromatic carbocycles. The summed E-state index contributed by atoms with van der Waals surface area (Å²) in [5, 5.41) is 9.75. The minimum absolute atomic E-state index is 0.114. The third kappa shape index (κ3) is 3.98. The Morgan fingerprint density at radius 3 is 2.56 bits per heavy atom. The van der Waals surface area contributed by atoms with Crippen LogP contribution in [0.25, 0.3) is 0 Å². The number of hydrogen-bond acceptors (Lipinski definition) is 4. The molecule has 1 amide bonds. The summed E-state index contributed by atoms with van der Waals surface area (Å²) in [5.41, 5.74) is 1.88. The molecular formula is C20H31N3O2. The first-order valence-electron chi connectivity index (χ1n) is 9.56. The standard InChI is InChI=1S/C20H31N3O2/c1-3-21(2)12-16-13-23(14-17(16)15-24)20(25)18-8-4-5-9-19(18)22-10-6-7-11-22/h4-5,8-9,16-17,24H,3,6-7,10-15H2,1-2H3. The topological polar surface area (TPSA) is 47.0 Å². The van der Waals surface area contributed by atoms with E-state index >= 15 is 0 Å². The maximum atomic E-state index is 13.2. The number of carbonyl (C=O) groups excluding carboxylic acids is 1. The van der Waals surface area contributed by atoms with E-state index in [4.69, 9.17) is 0 Å². The molecular weight excluding hydrogens is 314 g/mol. The maximum Gasteiger partial charge on any atom is 0.255 e. The number of likely N-dealkylation sites (tertiary alicyclic amines) is 1. The SMILES string of the molecule is CCN(C)CC1CN(C(=O)c2ccccc2N2CCCC2)CC1CO. The summed E-state index contributed by atoms with van der Waals surface area (Å²) in [6.45, 7) is 7.67. The molecule has 0 spiro atoms. The van der Waals surface area contributed by atoms with Crippen LogP contribution in [0.5, 0.6) is 0 Å². The van der Waals surface area contributed by atoms with E-state index in [9.17, 15) is 9.90 Å². The Morgan fingerprint density at radius 1 is 1.20 bits per heavy atom. The van der Waals surface area contributed by atoms with Crippen molar-refractivity contribution in [3.05, 3.63) is 29.8 Å². The van der Waals surface area contributed by atoms with Gasteiger partial charge < -0.3 is 19.8 Å². The van der Waals surface area contributed by atoms with Crippen LogP contribution in [0, 0.1) is 11.8 Å². The van der Waals surface area contributed by atoms with Crippen LogP contribution in [-0.4, -0.2) is 73.7 Å². The van der Waals surface area contributed by atoms with Crippen molar-refractivity contribution in [3.8, 4) is 0 Å². The molecule has 5 nitrogen and oxygen atoms in total. The first-order chi connectivity index (χ1) is 12.1. The van der Waals surface area contributed by atoms with Crippen molar-refractivity contribution in [2.45, 2.75) is 19.8 Å². The number of rotatable bonds is 6. The number of aliphatic hydroxyl groups is 1. The summed E-state index contributed by atoms with van der Waals surface area (Å²) in [6, 6.07) is 7.99. The molecule has 2 aliphatic heterocycles. The van der Waals surface area contributed by atoms with Gasteiger partial charge in [0.2, 0.25) is 0 Å². The Bertz CT molecular complexity index is 586. The highest BCUT2D eigenvalue weighted by Crippen LogP contribution is 2.29. The number of hydrogen-bond donors (Lipinski definition) is 1. The molecule has 2 unspecified atom stereocenters. The molecule has 25 heavy (non-hydrogen) atoms. The molecule has 2 fully saturated rings. The maximum absolute atomic E-state index is 13.2. The van der Waals surface area contributed by atoms with Gasteiger partial charge in [-0.1, -0.05) is 19.1 Å². The molecule has 2 heterocycles. The van der Waals surface area contributed by atoms with Crippen LogP contribution in [0.15, 0.2) is 24.3 Å². The predicted molar refractivity (Wildman–Crippen MR) is 101 cm³/mol. The van der Waals surface area contributed by atoms with E-state index in [-0.39, 0.29) is 18.4 Å². The number of benzene rings is 1. The number of anilines is 1. The van der Waals surface area contributed by atoms with Gasteiger partial charge in [-0.15, -0.1) is 0 Å². The summed E-state index contributed by atoms with van der Waals surface area (Å²) >= 11 is 0. The zero-order chi connectivity index (χ0) is 17.8. The predicted octanol–water partition coefficient (Wildman–Crippen LogP) is 1.92. The van der Waals surface area contributed by atoms with Crippen LogP contribution in [0.4, 0.5) is 5.69 Å². The fraction of sp³-hybridized carbons (Fsp3) is 0.650. The Morgan fingerprint density at radius 2 is 1.88 bits per heavy atom. The summed E-state index contributed by atoms with van der Waals surface area (Å²) < 4.78 is 0. The van der Waals surface area contributed by atoms with Gasteiger partial charge in [-0.25, -0.2) is 0 Å². The van der Waals surface area contributed by atoms with E-state index in [2.05, 4.69) is 29.8 Å². The van der Waals surface area contributed by atoms with Crippen LogP contribution < -0.4 is 4.90 Å². The number of para-hydroxylation sites is 1. The number of carbonyl (C=O) groups is 1. The Hall–Kier alpha value is -1.59. The molecule has 2 atom stereocenters. The minimum Gasteiger partial charge on any atom is -0.396 e. The molecule has 1 aromatic rings. The lowest BCUT2D eigenvalue weighted by atomic mass is 9.96. The van der Waals surface area contributed by atoms with E-state index in [1.807, 2.05) is 23.1 Å². The van der Waals surface area contributed by atoms with Crippen molar-refractivity contribution in [1.82, 2.24) is 9.80 Å². The van der Waals surface area contributed by atoms with E-state index < -0.39 is 0 Å². The van der Waals surface area contributed by atoms with Crippen molar-refractivity contribution >= 4 is 11.6 Å². The van der Waals surface area contributed by atoms with Gasteiger partial charge in [0, 0.05) is 50.9 Å². The second kappa shape index (κ2) is 8.19. The van der Waals surface area contributed by atoms with Crippen molar-refractivity contribution in [1.29, 1.82) is 0 Å². The number of amides is 1. The van der Waals surface area contributed by atoms with Gasteiger partial charge in [-0.3, -0.25) is 4.79 Å². The minimum atomic E-state index is 0.114.